The van der Waals surface area contributed by atoms with Crippen LogP contribution in [-0.2, 0) is 65.4 Å². The minimum Gasteiger partial charge on any atom is -0.462 e. The number of aliphatic hydroxyl groups is 1. The molecule has 0 rings (SSSR count). The normalized spacial score (nSPS) is 14.1. The van der Waals surface area contributed by atoms with Crippen molar-refractivity contribution in [2.75, 3.05) is 39.6 Å². The molecule has 0 aliphatic carbocycles. The summed E-state index contributed by atoms with van der Waals surface area (Å²) in [5.74, 6) is 0.971. The topological polar surface area (TPSA) is 237 Å². The Bertz CT molecular complexity index is 1920. The Morgan fingerprint density at radius 1 is 0.255 bits per heavy atom. The van der Waals surface area contributed by atoms with Crippen LogP contribution in [0.4, 0.5) is 0 Å². The maximum atomic E-state index is 13.1. The van der Waals surface area contributed by atoms with Crippen LogP contribution in [0.15, 0.2) is 0 Å². The van der Waals surface area contributed by atoms with E-state index < -0.39 is 97.5 Å². The van der Waals surface area contributed by atoms with E-state index in [0.29, 0.717) is 25.7 Å². The molecule has 5 atom stereocenters. The number of unbranched alkanes of at least 4 members (excludes halogenated alkanes) is 42. The summed E-state index contributed by atoms with van der Waals surface area (Å²) in [5, 5.41) is 10.6. The molecule has 0 bridgehead atoms. The van der Waals surface area contributed by atoms with Gasteiger partial charge in [0.1, 0.15) is 19.3 Å². The van der Waals surface area contributed by atoms with Crippen molar-refractivity contribution < 1.29 is 80.2 Å². The zero-order valence-corrected chi connectivity index (χ0v) is 66.2. The molecule has 2 unspecified atom stereocenters. The highest BCUT2D eigenvalue weighted by Crippen LogP contribution is 2.45. The van der Waals surface area contributed by atoms with E-state index >= 15 is 0 Å². The molecule has 0 amide bonds. The van der Waals surface area contributed by atoms with Crippen LogP contribution in [0.5, 0.6) is 0 Å². The average Bonchev–Trinajstić information content (AvgIpc) is 1.22. The third kappa shape index (κ3) is 72.4. The molecule has 19 heteroatoms. The highest BCUT2D eigenvalue weighted by molar-refractivity contribution is 7.47. The number of ether oxygens (including phenoxy) is 4. The van der Waals surface area contributed by atoms with Gasteiger partial charge in [0.25, 0.3) is 0 Å². The maximum absolute atomic E-state index is 13.1. The Morgan fingerprint density at radius 3 is 0.633 bits per heavy atom. The van der Waals surface area contributed by atoms with E-state index in [2.05, 4.69) is 55.4 Å². The van der Waals surface area contributed by atoms with E-state index in [1.165, 1.54) is 205 Å². The van der Waals surface area contributed by atoms with Crippen molar-refractivity contribution in [3.8, 4) is 0 Å². The number of phosphoric ester groups is 2. The van der Waals surface area contributed by atoms with Crippen LogP contribution in [0.25, 0.3) is 0 Å². The first-order valence-electron chi connectivity index (χ1n) is 40.7. The van der Waals surface area contributed by atoms with Crippen molar-refractivity contribution in [1.82, 2.24) is 0 Å². The van der Waals surface area contributed by atoms with Crippen LogP contribution in [0.2, 0.25) is 0 Å². The molecule has 98 heavy (non-hydrogen) atoms. The van der Waals surface area contributed by atoms with Crippen molar-refractivity contribution in [3.63, 3.8) is 0 Å². The van der Waals surface area contributed by atoms with E-state index in [1.54, 1.807) is 0 Å². The highest BCUT2D eigenvalue weighted by atomic mass is 31.2. The van der Waals surface area contributed by atoms with Gasteiger partial charge in [-0.25, -0.2) is 9.13 Å². The molecule has 0 radical (unpaired) electrons. The van der Waals surface area contributed by atoms with E-state index in [-0.39, 0.29) is 25.7 Å². The molecule has 0 aliphatic heterocycles. The lowest BCUT2D eigenvalue weighted by Gasteiger charge is -2.21. The Kier molecular flexibility index (Phi) is 66.8. The van der Waals surface area contributed by atoms with Crippen molar-refractivity contribution >= 4 is 39.5 Å². The molecule has 0 saturated heterocycles. The number of hydrogen-bond acceptors (Lipinski definition) is 15. The fourth-order valence-corrected chi connectivity index (χ4v) is 13.7. The van der Waals surface area contributed by atoms with Gasteiger partial charge in [0, 0.05) is 25.7 Å². The summed E-state index contributed by atoms with van der Waals surface area (Å²) in [7, 11) is -9.92. The van der Waals surface area contributed by atoms with Gasteiger partial charge in [-0.1, -0.05) is 351 Å². The van der Waals surface area contributed by atoms with Gasteiger partial charge in [0.05, 0.1) is 26.4 Å². The molecule has 3 N–H and O–H groups in total. The van der Waals surface area contributed by atoms with Gasteiger partial charge in [-0.3, -0.25) is 37.3 Å². The maximum Gasteiger partial charge on any atom is 0.472 e. The molecule has 0 fully saturated rings. The summed E-state index contributed by atoms with van der Waals surface area (Å²) in [4.78, 5) is 73.0. The lowest BCUT2D eigenvalue weighted by Crippen LogP contribution is -2.30. The second-order valence-electron chi connectivity index (χ2n) is 30.4. The Balaban J connectivity index is 5.27. The molecule has 0 heterocycles. The van der Waals surface area contributed by atoms with Crippen LogP contribution < -0.4 is 0 Å². The van der Waals surface area contributed by atoms with Crippen molar-refractivity contribution in [2.45, 2.75) is 420 Å². The van der Waals surface area contributed by atoms with Gasteiger partial charge >= 0.3 is 39.5 Å². The second-order valence-corrected chi connectivity index (χ2v) is 33.3. The summed E-state index contributed by atoms with van der Waals surface area (Å²) in [6, 6.07) is 0. The van der Waals surface area contributed by atoms with Crippen LogP contribution in [-0.4, -0.2) is 96.7 Å². The summed E-state index contributed by atoms with van der Waals surface area (Å²) < 4.78 is 68.7. The van der Waals surface area contributed by atoms with Crippen LogP contribution in [0, 0.1) is 23.7 Å². The highest BCUT2D eigenvalue weighted by Gasteiger charge is 2.30. The molecular formula is C79H154O17P2. The molecule has 0 saturated carbocycles. The van der Waals surface area contributed by atoms with Gasteiger partial charge < -0.3 is 33.8 Å². The number of carbonyl (C=O) groups excluding carboxylic acids is 4. The number of carbonyl (C=O) groups is 4. The number of esters is 4. The monoisotopic (exact) mass is 1440 g/mol. The second kappa shape index (κ2) is 68.2. The third-order valence-electron chi connectivity index (χ3n) is 18.3. The minimum absolute atomic E-state index is 0.106. The summed E-state index contributed by atoms with van der Waals surface area (Å²) in [5.41, 5.74) is 0. The van der Waals surface area contributed by atoms with Crippen LogP contribution in [0.3, 0.4) is 0 Å². The quantitative estimate of drug-likeness (QED) is 0.0222. The lowest BCUT2D eigenvalue weighted by molar-refractivity contribution is -0.161. The van der Waals surface area contributed by atoms with Crippen LogP contribution in [0.1, 0.15) is 402 Å². The van der Waals surface area contributed by atoms with Gasteiger partial charge in [-0.2, -0.15) is 0 Å². The number of hydrogen-bond donors (Lipinski definition) is 3. The number of rotatable bonds is 76. The van der Waals surface area contributed by atoms with Gasteiger partial charge in [-0.05, 0) is 49.4 Å². The fraction of sp³-hybridized carbons (Fsp3) is 0.949. The number of aliphatic hydroxyl groups excluding tert-OH is 1. The Hall–Kier alpha value is -1.94. The van der Waals surface area contributed by atoms with E-state index in [9.17, 15) is 43.2 Å². The average molecular weight is 1440 g/mol. The standard InChI is InChI=1S/C79H154O17P2/c1-69(2)55-47-39-31-23-16-11-9-10-12-20-28-37-45-53-61-78(83)95-74(65-89-76(81)59-51-43-35-27-19-14-13-17-24-32-40-48-56-70(3)4)67-93-97(85,86)91-63-73(80)64-92-98(87,88)94-68-75(66-90-77(82)60-52-44-36-30-22-26-34-42-50-58-72(7)8)96-79(84)62-54-46-38-29-21-15-18-25-33-41-49-57-71(5)6/h69-75,80H,9-68H2,1-8H3,(H,85,86)(H,87,88)/t73-,74-,75-/m1/s1. The van der Waals surface area contributed by atoms with E-state index in [0.717, 1.165) is 114 Å². The molecular weight excluding hydrogens is 1280 g/mol. The fourth-order valence-electron chi connectivity index (χ4n) is 12.1. The Labute approximate surface area is 600 Å². The Morgan fingerprint density at radius 2 is 0.429 bits per heavy atom. The predicted octanol–water partition coefficient (Wildman–Crippen LogP) is 23.2. The summed E-state index contributed by atoms with van der Waals surface area (Å²) >= 11 is 0. The molecule has 0 aromatic rings. The first kappa shape index (κ1) is 96.1. The summed E-state index contributed by atoms with van der Waals surface area (Å²) in [6.07, 6.45) is 54.0. The van der Waals surface area contributed by atoms with Crippen LogP contribution >= 0.6 is 15.6 Å². The number of phosphoric acid groups is 2. The van der Waals surface area contributed by atoms with Gasteiger partial charge in [0.15, 0.2) is 12.2 Å². The molecule has 0 aromatic heterocycles. The third-order valence-corrected chi connectivity index (χ3v) is 20.2. The van der Waals surface area contributed by atoms with Crippen molar-refractivity contribution in [1.29, 1.82) is 0 Å². The van der Waals surface area contributed by atoms with E-state index in [1.807, 2.05) is 0 Å². The zero-order valence-electron chi connectivity index (χ0n) is 64.4. The van der Waals surface area contributed by atoms with E-state index in [4.69, 9.17) is 37.0 Å². The minimum atomic E-state index is -4.96. The first-order valence-corrected chi connectivity index (χ1v) is 43.7. The van der Waals surface area contributed by atoms with Crippen molar-refractivity contribution in [2.24, 2.45) is 23.7 Å². The molecule has 0 aromatic carbocycles. The predicted molar refractivity (Wildman–Crippen MR) is 400 cm³/mol. The summed E-state index contributed by atoms with van der Waals surface area (Å²) in [6.45, 7) is 14.2. The molecule has 582 valence electrons. The lowest BCUT2D eigenvalue weighted by atomic mass is 10.0. The largest absolute Gasteiger partial charge is 0.472 e. The molecule has 0 aliphatic rings. The molecule has 0 spiro atoms. The zero-order chi connectivity index (χ0) is 72.4. The SMILES string of the molecule is CC(C)CCCCCCCCCCCCCCCCC(=O)O[C@H](COC(=O)CCCCCCCCCCCCCCC(C)C)COP(=O)(O)OC[C@@H](O)COP(=O)(O)OC[C@@H](COC(=O)CCCCCCCCCCCC(C)C)OC(=O)CCCCCCCCCCCCCC(C)C. The van der Waals surface area contributed by atoms with Gasteiger partial charge in [-0.15, -0.1) is 0 Å². The molecule has 17 nitrogen and oxygen atoms in total. The van der Waals surface area contributed by atoms with Gasteiger partial charge in [0.2, 0.25) is 0 Å². The van der Waals surface area contributed by atoms with Crippen molar-refractivity contribution in [3.05, 3.63) is 0 Å². The smallest absolute Gasteiger partial charge is 0.462 e. The first-order chi connectivity index (χ1) is 47.1.